The van der Waals surface area contributed by atoms with Crippen molar-refractivity contribution in [2.75, 3.05) is 31.5 Å². The zero-order valence-corrected chi connectivity index (χ0v) is 20.0. The lowest BCUT2D eigenvalue weighted by Gasteiger charge is -2.26. The Hall–Kier alpha value is -3.45. The number of benzene rings is 1. The summed E-state index contributed by atoms with van der Waals surface area (Å²) >= 11 is 0. The second-order valence-corrected chi connectivity index (χ2v) is 8.42. The van der Waals surface area contributed by atoms with Crippen LogP contribution in [0, 0.1) is 0 Å². The molecule has 1 aromatic carbocycles. The summed E-state index contributed by atoms with van der Waals surface area (Å²) in [7, 11) is 0. The van der Waals surface area contributed by atoms with Crippen LogP contribution in [0.25, 0.3) is 33.1 Å². The second kappa shape index (κ2) is 11.1. The number of rotatable bonds is 7. The van der Waals surface area contributed by atoms with E-state index in [4.69, 9.17) is 4.98 Å². The number of nitrogens with one attached hydrogen (secondary N) is 2. The Kier molecular flexibility index (Phi) is 7.75. The van der Waals surface area contributed by atoms with Crippen molar-refractivity contribution in [2.24, 2.45) is 0 Å². The van der Waals surface area contributed by atoms with Crippen molar-refractivity contribution in [3.63, 3.8) is 0 Å². The summed E-state index contributed by atoms with van der Waals surface area (Å²) in [6.45, 7) is 8.45. The normalized spacial score (nSPS) is 14.1. The Balaban J connectivity index is 0.00000133. The largest absolute Gasteiger partial charge is 0.477 e. The van der Waals surface area contributed by atoms with Crippen LogP contribution in [0.2, 0.25) is 0 Å². The molecule has 0 aliphatic carbocycles. The van der Waals surface area contributed by atoms with Gasteiger partial charge in [0, 0.05) is 46.5 Å². The Morgan fingerprint density at radius 1 is 1.12 bits per heavy atom. The standard InChI is InChI=1S/C25H27N5O2.C2H6/c31-25(32)24-14-18-6-5-17(13-21(18)29-24)22-15-23(19-16-26-9-7-20(19)28-22)27-8-4-12-30-10-2-1-3-11-30;1-2/h5-7,9,13-16,29H,1-4,8,10-12H2,(H,27,28)(H,31,32);1-2H3. The van der Waals surface area contributed by atoms with Gasteiger partial charge in [0.25, 0.3) is 0 Å². The predicted octanol–water partition coefficient (Wildman–Crippen LogP) is 5.79. The first-order valence-electron chi connectivity index (χ1n) is 12.2. The van der Waals surface area contributed by atoms with Crippen molar-refractivity contribution in [1.29, 1.82) is 0 Å². The lowest BCUT2D eigenvalue weighted by molar-refractivity contribution is 0.0691. The van der Waals surface area contributed by atoms with Crippen LogP contribution >= 0.6 is 0 Å². The summed E-state index contributed by atoms with van der Waals surface area (Å²) < 4.78 is 0. The molecule has 1 aliphatic heterocycles. The third-order valence-corrected chi connectivity index (χ3v) is 6.17. The van der Waals surface area contributed by atoms with E-state index in [9.17, 15) is 9.90 Å². The number of fused-ring (bicyclic) bond motifs is 2. The van der Waals surface area contributed by atoms with Gasteiger partial charge in [-0.2, -0.15) is 0 Å². The van der Waals surface area contributed by atoms with E-state index in [2.05, 4.69) is 26.3 Å². The first kappa shape index (κ1) is 23.7. The molecule has 0 saturated carbocycles. The monoisotopic (exact) mass is 459 g/mol. The molecular weight excluding hydrogens is 426 g/mol. The second-order valence-electron chi connectivity index (χ2n) is 8.42. The van der Waals surface area contributed by atoms with Gasteiger partial charge >= 0.3 is 5.97 Å². The highest BCUT2D eigenvalue weighted by Crippen LogP contribution is 2.30. The number of aromatic carboxylic acids is 1. The van der Waals surface area contributed by atoms with Crippen molar-refractivity contribution in [1.82, 2.24) is 19.9 Å². The van der Waals surface area contributed by atoms with E-state index in [0.29, 0.717) is 0 Å². The Labute approximate surface area is 200 Å². The van der Waals surface area contributed by atoms with Gasteiger partial charge in [-0.3, -0.25) is 4.98 Å². The maximum atomic E-state index is 11.3. The van der Waals surface area contributed by atoms with Crippen molar-refractivity contribution in [3.05, 3.63) is 54.5 Å². The molecule has 0 unspecified atom stereocenters. The number of piperidine rings is 1. The van der Waals surface area contributed by atoms with Gasteiger partial charge in [0.1, 0.15) is 5.69 Å². The van der Waals surface area contributed by atoms with Crippen LogP contribution in [0.15, 0.2) is 48.8 Å². The van der Waals surface area contributed by atoms with Gasteiger partial charge in [0.15, 0.2) is 0 Å². The number of carboxylic acid groups (broad SMARTS) is 1. The third kappa shape index (κ3) is 5.37. The number of hydrogen-bond acceptors (Lipinski definition) is 5. The summed E-state index contributed by atoms with van der Waals surface area (Å²) in [5.41, 5.74) is 4.66. The van der Waals surface area contributed by atoms with Crippen LogP contribution in [0.4, 0.5) is 5.69 Å². The summed E-state index contributed by atoms with van der Waals surface area (Å²) in [6.07, 6.45) is 8.69. The molecule has 1 saturated heterocycles. The first-order chi connectivity index (χ1) is 16.7. The number of pyridine rings is 2. The van der Waals surface area contributed by atoms with Crippen LogP contribution in [0.5, 0.6) is 0 Å². The fourth-order valence-electron chi connectivity index (χ4n) is 4.47. The molecule has 0 radical (unpaired) electrons. The Morgan fingerprint density at radius 3 is 2.74 bits per heavy atom. The zero-order valence-electron chi connectivity index (χ0n) is 20.0. The minimum atomic E-state index is -0.963. The first-order valence-corrected chi connectivity index (χ1v) is 12.2. The maximum Gasteiger partial charge on any atom is 0.352 e. The van der Waals surface area contributed by atoms with E-state index >= 15 is 0 Å². The van der Waals surface area contributed by atoms with Gasteiger partial charge in [-0.25, -0.2) is 9.78 Å². The number of carbonyl (C=O) groups is 1. The van der Waals surface area contributed by atoms with Crippen LogP contribution < -0.4 is 5.32 Å². The van der Waals surface area contributed by atoms with Crippen LogP contribution in [-0.2, 0) is 0 Å². The van der Waals surface area contributed by atoms with Crippen molar-refractivity contribution >= 4 is 33.5 Å². The van der Waals surface area contributed by atoms with Gasteiger partial charge in [0.2, 0.25) is 0 Å². The molecule has 7 nitrogen and oxygen atoms in total. The summed E-state index contributed by atoms with van der Waals surface area (Å²) in [5, 5.41) is 14.7. The topological polar surface area (TPSA) is 94.1 Å². The van der Waals surface area contributed by atoms with Crippen molar-refractivity contribution in [3.8, 4) is 11.3 Å². The number of aromatic nitrogens is 3. The molecule has 0 amide bonds. The average molecular weight is 460 g/mol. The molecule has 3 aromatic heterocycles. The highest BCUT2D eigenvalue weighted by molar-refractivity contribution is 5.96. The SMILES string of the molecule is CC.O=C(O)c1cc2ccc(-c3cc(NCCCN4CCCCC4)c4cnccc4n3)cc2[nH]1. The van der Waals surface area contributed by atoms with E-state index in [-0.39, 0.29) is 5.69 Å². The van der Waals surface area contributed by atoms with Crippen LogP contribution in [-0.4, -0.2) is 57.1 Å². The summed E-state index contributed by atoms with van der Waals surface area (Å²) in [6, 6.07) is 11.5. The Bertz CT molecular complexity index is 1260. The number of carboxylic acids is 1. The molecule has 4 aromatic rings. The smallest absolute Gasteiger partial charge is 0.352 e. The molecule has 34 heavy (non-hydrogen) atoms. The van der Waals surface area contributed by atoms with E-state index in [1.807, 2.05) is 44.3 Å². The van der Waals surface area contributed by atoms with Gasteiger partial charge in [-0.05, 0) is 63.2 Å². The van der Waals surface area contributed by atoms with Gasteiger partial charge in [-0.1, -0.05) is 32.4 Å². The highest BCUT2D eigenvalue weighted by atomic mass is 16.4. The van der Waals surface area contributed by atoms with Gasteiger partial charge in [-0.15, -0.1) is 0 Å². The molecule has 5 rings (SSSR count). The number of hydrogen-bond donors (Lipinski definition) is 3. The van der Waals surface area contributed by atoms with Crippen LogP contribution in [0.3, 0.4) is 0 Å². The highest BCUT2D eigenvalue weighted by Gasteiger charge is 2.12. The molecule has 1 fully saturated rings. The zero-order chi connectivity index (χ0) is 23.9. The van der Waals surface area contributed by atoms with E-state index < -0.39 is 5.97 Å². The lowest BCUT2D eigenvalue weighted by atomic mass is 10.1. The van der Waals surface area contributed by atoms with E-state index in [0.717, 1.165) is 58.3 Å². The van der Waals surface area contributed by atoms with Crippen molar-refractivity contribution in [2.45, 2.75) is 39.5 Å². The quantitative estimate of drug-likeness (QED) is 0.303. The minimum absolute atomic E-state index is 0.186. The van der Waals surface area contributed by atoms with E-state index in [1.165, 1.54) is 32.4 Å². The fourth-order valence-corrected chi connectivity index (χ4v) is 4.47. The number of aromatic amines is 1. The van der Waals surface area contributed by atoms with Gasteiger partial charge in [0.05, 0.1) is 11.2 Å². The average Bonchev–Trinajstić information content (AvgIpc) is 3.32. The molecule has 0 atom stereocenters. The summed E-state index contributed by atoms with van der Waals surface area (Å²) in [4.78, 5) is 25.9. The maximum absolute atomic E-state index is 11.3. The molecule has 0 spiro atoms. The molecule has 1 aliphatic rings. The molecule has 178 valence electrons. The van der Waals surface area contributed by atoms with E-state index in [1.54, 1.807) is 12.3 Å². The molecular formula is C27H33N5O2. The fraction of sp³-hybridized carbons (Fsp3) is 0.370. The minimum Gasteiger partial charge on any atom is -0.477 e. The Morgan fingerprint density at radius 2 is 1.94 bits per heavy atom. The van der Waals surface area contributed by atoms with Gasteiger partial charge < -0.3 is 20.3 Å². The molecule has 0 bridgehead atoms. The number of H-pyrrole nitrogens is 1. The van der Waals surface area contributed by atoms with Crippen LogP contribution in [0.1, 0.15) is 50.0 Å². The third-order valence-electron chi connectivity index (χ3n) is 6.17. The lowest BCUT2D eigenvalue weighted by Crippen LogP contribution is -2.31. The van der Waals surface area contributed by atoms with Crippen molar-refractivity contribution < 1.29 is 9.90 Å². The summed E-state index contributed by atoms with van der Waals surface area (Å²) in [5.74, 6) is -0.963. The molecule has 7 heteroatoms. The predicted molar refractivity (Wildman–Crippen MR) is 139 cm³/mol. The number of likely N-dealkylation sites (tertiary alicyclic amines) is 1. The number of anilines is 1. The molecule has 3 N–H and O–H groups in total. The number of nitrogens with zero attached hydrogens (tertiary/aromatic N) is 3. The molecule has 4 heterocycles.